The third-order valence-corrected chi connectivity index (χ3v) is 4.89. The predicted octanol–water partition coefficient (Wildman–Crippen LogP) is 3.66. The predicted molar refractivity (Wildman–Crippen MR) is 85.3 cm³/mol. The van der Waals surface area contributed by atoms with Crippen LogP contribution in [0.15, 0.2) is 28.7 Å². The molecule has 0 saturated heterocycles. The van der Waals surface area contributed by atoms with Crippen LogP contribution in [0.4, 0.5) is 0 Å². The summed E-state index contributed by atoms with van der Waals surface area (Å²) in [5.74, 6) is 1.28. The van der Waals surface area contributed by atoms with E-state index in [0.717, 1.165) is 10.0 Å². The van der Waals surface area contributed by atoms with Gasteiger partial charge in [-0.05, 0) is 36.5 Å². The standard InChI is InChI=1S/C15H17BrN2OS/c16-13-6-4-12(5-7-13)15(11-2-1-3-11)18-14(19)10-20-9-8-17/h4-7,11,15H,1-3,9-10H2,(H,18,19). The van der Waals surface area contributed by atoms with Crippen LogP contribution in [0.1, 0.15) is 30.9 Å². The monoisotopic (exact) mass is 352 g/mol. The lowest BCUT2D eigenvalue weighted by molar-refractivity contribution is -0.119. The molecule has 1 unspecified atom stereocenters. The molecule has 1 atom stereocenters. The number of thioether (sulfide) groups is 1. The number of nitrogens with zero attached hydrogens (tertiary/aromatic N) is 1. The third-order valence-electron chi connectivity index (χ3n) is 3.57. The first kappa shape index (κ1) is 15.4. The number of nitriles is 1. The van der Waals surface area contributed by atoms with E-state index in [4.69, 9.17) is 5.26 Å². The Bertz CT molecular complexity index is 494. The number of hydrogen-bond donors (Lipinski definition) is 1. The van der Waals surface area contributed by atoms with Crippen LogP contribution in [0.3, 0.4) is 0 Å². The number of amides is 1. The number of nitrogens with one attached hydrogen (secondary N) is 1. The summed E-state index contributed by atoms with van der Waals surface area (Å²) < 4.78 is 1.05. The van der Waals surface area contributed by atoms with E-state index >= 15 is 0 Å². The molecule has 1 aromatic rings. The van der Waals surface area contributed by atoms with Crippen LogP contribution < -0.4 is 5.32 Å². The quantitative estimate of drug-likeness (QED) is 0.794. The molecule has 1 aromatic carbocycles. The summed E-state index contributed by atoms with van der Waals surface area (Å²) in [5.41, 5.74) is 1.16. The van der Waals surface area contributed by atoms with Gasteiger partial charge in [0.05, 0.1) is 23.6 Å². The lowest BCUT2D eigenvalue weighted by atomic mass is 9.77. The number of benzene rings is 1. The van der Waals surface area contributed by atoms with Crippen molar-refractivity contribution in [2.45, 2.75) is 25.3 Å². The first-order chi connectivity index (χ1) is 9.70. The van der Waals surface area contributed by atoms with Crippen molar-refractivity contribution >= 4 is 33.6 Å². The number of carbonyl (C=O) groups is 1. The maximum atomic E-state index is 12.0. The van der Waals surface area contributed by atoms with Crippen molar-refractivity contribution in [2.75, 3.05) is 11.5 Å². The highest BCUT2D eigenvalue weighted by molar-refractivity contribution is 9.10. The molecule has 1 aliphatic rings. The Morgan fingerprint density at radius 3 is 2.70 bits per heavy atom. The van der Waals surface area contributed by atoms with Crippen LogP contribution in [0.25, 0.3) is 0 Å². The summed E-state index contributed by atoms with van der Waals surface area (Å²) in [5, 5.41) is 11.6. The van der Waals surface area contributed by atoms with Gasteiger partial charge in [-0.2, -0.15) is 5.26 Å². The lowest BCUT2D eigenvalue weighted by Crippen LogP contribution is -2.37. The molecule has 1 saturated carbocycles. The molecule has 5 heteroatoms. The maximum Gasteiger partial charge on any atom is 0.230 e. The molecule has 3 nitrogen and oxygen atoms in total. The highest BCUT2D eigenvalue weighted by atomic mass is 79.9. The van der Waals surface area contributed by atoms with Crippen LogP contribution in [0.5, 0.6) is 0 Å². The molecule has 1 fully saturated rings. The van der Waals surface area contributed by atoms with Crippen molar-refractivity contribution in [3.05, 3.63) is 34.3 Å². The summed E-state index contributed by atoms with van der Waals surface area (Å²) in [4.78, 5) is 12.0. The number of hydrogen-bond acceptors (Lipinski definition) is 3. The number of carbonyl (C=O) groups excluding carboxylic acids is 1. The van der Waals surface area contributed by atoms with Crippen molar-refractivity contribution in [1.29, 1.82) is 5.26 Å². The fourth-order valence-corrected chi connectivity index (χ4v) is 3.05. The summed E-state index contributed by atoms with van der Waals surface area (Å²) in [6.45, 7) is 0. The van der Waals surface area contributed by atoms with E-state index < -0.39 is 0 Å². The Morgan fingerprint density at radius 1 is 1.45 bits per heavy atom. The molecule has 0 radical (unpaired) electrons. The molecule has 0 spiro atoms. The van der Waals surface area contributed by atoms with E-state index in [-0.39, 0.29) is 11.9 Å². The largest absolute Gasteiger partial charge is 0.348 e. The SMILES string of the molecule is N#CCSCC(=O)NC(c1ccc(Br)cc1)C1CCC1. The van der Waals surface area contributed by atoms with Gasteiger partial charge in [0, 0.05) is 4.47 Å². The average molecular weight is 353 g/mol. The summed E-state index contributed by atoms with van der Waals surface area (Å²) in [7, 11) is 0. The van der Waals surface area contributed by atoms with Crippen molar-refractivity contribution in [3.63, 3.8) is 0 Å². The van der Waals surface area contributed by atoms with E-state index in [1.807, 2.05) is 18.2 Å². The molecule has 1 amide bonds. The number of halogens is 1. The molecule has 0 aromatic heterocycles. The van der Waals surface area contributed by atoms with Gasteiger partial charge in [0.1, 0.15) is 0 Å². The molecule has 0 bridgehead atoms. The smallest absolute Gasteiger partial charge is 0.230 e. The second-order valence-corrected chi connectivity index (χ2v) is 6.84. The first-order valence-corrected chi connectivity index (χ1v) is 8.65. The van der Waals surface area contributed by atoms with Gasteiger partial charge in [0.25, 0.3) is 0 Å². The molecule has 2 rings (SSSR count). The van der Waals surface area contributed by atoms with Crippen LogP contribution in [-0.4, -0.2) is 17.4 Å². The Labute approximate surface area is 132 Å². The fourth-order valence-electron chi connectivity index (χ4n) is 2.32. The molecule has 106 valence electrons. The van der Waals surface area contributed by atoms with Crippen LogP contribution in [0, 0.1) is 17.2 Å². The minimum absolute atomic E-state index is 0.0186. The van der Waals surface area contributed by atoms with E-state index in [1.54, 1.807) is 0 Å². The zero-order valence-electron chi connectivity index (χ0n) is 11.1. The van der Waals surface area contributed by atoms with Gasteiger partial charge in [0.2, 0.25) is 5.91 Å². The number of rotatable bonds is 6. The van der Waals surface area contributed by atoms with Gasteiger partial charge in [-0.3, -0.25) is 4.79 Å². The molecule has 0 heterocycles. The van der Waals surface area contributed by atoms with Gasteiger partial charge in [-0.25, -0.2) is 0 Å². The molecule has 20 heavy (non-hydrogen) atoms. The molecule has 1 aliphatic carbocycles. The van der Waals surface area contributed by atoms with Gasteiger partial charge < -0.3 is 5.32 Å². The van der Waals surface area contributed by atoms with Crippen molar-refractivity contribution in [1.82, 2.24) is 5.32 Å². The van der Waals surface area contributed by atoms with Crippen molar-refractivity contribution < 1.29 is 4.79 Å². The van der Waals surface area contributed by atoms with E-state index in [9.17, 15) is 4.79 Å². The van der Waals surface area contributed by atoms with Gasteiger partial charge in [0.15, 0.2) is 0 Å². The Hall–Kier alpha value is -0.990. The van der Waals surface area contributed by atoms with Crippen LogP contribution in [-0.2, 0) is 4.79 Å². The zero-order valence-corrected chi connectivity index (χ0v) is 13.5. The summed E-state index contributed by atoms with van der Waals surface area (Å²) in [6, 6.07) is 10.3. The molecule has 0 aliphatic heterocycles. The zero-order chi connectivity index (χ0) is 14.4. The second kappa shape index (κ2) is 7.70. The van der Waals surface area contributed by atoms with E-state index in [2.05, 4.69) is 33.4 Å². The normalized spacial score (nSPS) is 16.0. The highest BCUT2D eigenvalue weighted by Crippen LogP contribution is 2.38. The van der Waals surface area contributed by atoms with Gasteiger partial charge in [-0.15, -0.1) is 11.8 Å². The Balaban J connectivity index is 1.99. The summed E-state index contributed by atoms with van der Waals surface area (Å²) >= 11 is 4.79. The van der Waals surface area contributed by atoms with Crippen molar-refractivity contribution in [3.8, 4) is 6.07 Å². The molecular weight excluding hydrogens is 336 g/mol. The molecular formula is C15H17BrN2OS. The Morgan fingerprint density at radius 2 is 2.15 bits per heavy atom. The van der Waals surface area contributed by atoms with E-state index in [0.29, 0.717) is 17.4 Å². The average Bonchev–Trinajstić information content (AvgIpc) is 2.37. The fraction of sp³-hybridized carbons (Fsp3) is 0.467. The van der Waals surface area contributed by atoms with Gasteiger partial charge >= 0.3 is 0 Å². The third kappa shape index (κ3) is 4.26. The van der Waals surface area contributed by atoms with Crippen LogP contribution >= 0.6 is 27.7 Å². The first-order valence-electron chi connectivity index (χ1n) is 6.70. The van der Waals surface area contributed by atoms with Crippen LogP contribution in [0.2, 0.25) is 0 Å². The Kier molecular flexibility index (Phi) is 5.93. The lowest BCUT2D eigenvalue weighted by Gasteiger charge is -2.34. The minimum atomic E-state index is 0.0186. The topological polar surface area (TPSA) is 52.9 Å². The van der Waals surface area contributed by atoms with Crippen molar-refractivity contribution in [2.24, 2.45) is 5.92 Å². The highest BCUT2D eigenvalue weighted by Gasteiger charge is 2.29. The molecule has 1 N–H and O–H groups in total. The minimum Gasteiger partial charge on any atom is -0.348 e. The second-order valence-electron chi connectivity index (χ2n) is 4.94. The summed E-state index contributed by atoms with van der Waals surface area (Å²) in [6.07, 6.45) is 3.59. The maximum absolute atomic E-state index is 12.0. The van der Waals surface area contributed by atoms with E-state index in [1.165, 1.54) is 31.0 Å². The van der Waals surface area contributed by atoms with Gasteiger partial charge in [-0.1, -0.05) is 34.5 Å².